The molecule has 0 saturated heterocycles. The van der Waals surface area contributed by atoms with Crippen molar-refractivity contribution in [2.45, 2.75) is 10.1 Å². The standard InChI is InChI=1S/C13H10ClN3S/c14-9-6-10(15)13(16-7-9)18-12-5-8-3-1-2-4-11(8)17-12/h1-7,17H,15H2. The van der Waals surface area contributed by atoms with Crippen LogP contribution in [-0.2, 0) is 0 Å². The van der Waals surface area contributed by atoms with Gasteiger partial charge in [0.1, 0.15) is 5.03 Å². The van der Waals surface area contributed by atoms with Gasteiger partial charge in [-0.15, -0.1) is 0 Å². The molecule has 1 aromatic carbocycles. The van der Waals surface area contributed by atoms with E-state index in [-0.39, 0.29) is 0 Å². The van der Waals surface area contributed by atoms with Crippen LogP contribution in [0, 0.1) is 0 Å². The molecule has 3 rings (SSSR count). The summed E-state index contributed by atoms with van der Waals surface area (Å²) in [5.74, 6) is 0. The summed E-state index contributed by atoms with van der Waals surface area (Å²) in [6.07, 6.45) is 1.60. The number of aromatic amines is 1. The van der Waals surface area contributed by atoms with E-state index < -0.39 is 0 Å². The van der Waals surface area contributed by atoms with E-state index in [1.807, 2.05) is 18.2 Å². The average Bonchev–Trinajstić information content (AvgIpc) is 2.75. The molecule has 3 N–H and O–H groups in total. The van der Waals surface area contributed by atoms with Gasteiger partial charge in [0.25, 0.3) is 0 Å². The Balaban J connectivity index is 1.96. The predicted molar refractivity (Wildman–Crippen MR) is 76.1 cm³/mol. The van der Waals surface area contributed by atoms with Crippen LogP contribution in [0.2, 0.25) is 5.02 Å². The van der Waals surface area contributed by atoms with E-state index >= 15 is 0 Å². The van der Waals surface area contributed by atoms with Crippen LogP contribution in [0.3, 0.4) is 0 Å². The Morgan fingerprint density at radius 2 is 2.06 bits per heavy atom. The van der Waals surface area contributed by atoms with Gasteiger partial charge in [-0.2, -0.15) is 0 Å². The van der Waals surface area contributed by atoms with Gasteiger partial charge in [-0.05, 0) is 18.2 Å². The molecule has 0 aliphatic rings. The average molecular weight is 276 g/mol. The zero-order valence-electron chi connectivity index (χ0n) is 9.35. The third-order valence-electron chi connectivity index (χ3n) is 2.56. The highest BCUT2D eigenvalue weighted by molar-refractivity contribution is 7.99. The SMILES string of the molecule is Nc1cc(Cl)cnc1Sc1cc2ccccc2[nH]1. The summed E-state index contributed by atoms with van der Waals surface area (Å²) >= 11 is 7.32. The van der Waals surface area contributed by atoms with Crippen molar-refractivity contribution in [3.63, 3.8) is 0 Å². The van der Waals surface area contributed by atoms with Crippen molar-refractivity contribution in [3.8, 4) is 0 Å². The van der Waals surface area contributed by atoms with Gasteiger partial charge in [0.15, 0.2) is 0 Å². The topological polar surface area (TPSA) is 54.7 Å². The van der Waals surface area contributed by atoms with Crippen molar-refractivity contribution in [2.24, 2.45) is 0 Å². The number of para-hydroxylation sites is 1. The molecule has 2 heterocycles. The molecular formula is C13H10ClN3S. The first kappa shape index (κ1) is 11.4. The van der Waals surface area contributed by atoms with Crippen LogP contribution in [0.25, 0.3) is 10.9 Å². The number of hydrogen-bond acceptors (Lipinski definition) is 3. The number of rotatable bonds is 2. The number of nitrogens with one attached hydrogen (secondary N) is 1. The Morgan fingerprint density at radius 1 is 1.22 bits per heavy atom. The minimum absolute atomic E-state index is 0.550. The van der Waals surface area contributed by atoms with Gasteiger partial charge in [-0.25, -0.2) is 4.98 Å². The highest BCUT2D eigenvalue weighted by Gasteiger charge is 2.07. The molecule has 0 saturated carbocycles. The first-order chi connectivity index (χ1) is 8.72. The lowest BCUT2D eigenvalue weighted by Crippen LogP contribution is -1.91. The Bertz CT molecular complexity index is 675. The Kier molecular flexibility index (Phi) is 2.89. The van der Waals surface area contributed by atoms with Crippen molar-refractivity contribution in [1.82, 2.24) is 9.97 Å². The molecule has 0 spiro atoms. The number of halogens is 1. The van der Waals surface area contributed by atoms with E-state index in [4.69, 9.17) is 17.3 Å². The largest absolute Gasteiger partial charge is 0.396 e. The predicted octanol–water partition coefficient (Wildman–Crippen LogP) is 3.95. The van der Waals surface area contributed by atoms with Crippen molar-refractivity contribution in [1.29, 1.82) is 0 Å². The molecule has 3 aromatic rings. The van der Waals surface area contributed by atoms with Gasteiger partial charge in [-0.1, -0.05) is 41.6 Å². The summed E-state index contributed by atoms with van der Waals surface area (Å²) in [5.41, 5.74) is 7.58. The number of hydrogen-bond donors (Lipinski definition) is 2. The third kappa shape index (κ3) is 2.17. The highest BCUT2D eigenvalue weighted by Crippen LogP contribution is 2.32. The molecule has 90 valence electrons. The van der Waals surface area contributed by atoms with Crippen LogP contribution in [0.15, 0.2) is 52.6 Å². The number of nitrogens with two attached hydrogens (primary N) is 1. The Morgan fingerprint density at radius 3 is 2.83 bits per heavy atom. The molecule has 0 aliphatic heterocycles. The van der Waals surface area contributed by atoms with Crippen LogP contribution in [0.5, 0.6) is 0 Å². The van der Waals surface area contributed by atoms with Crippen LogP contribution >= 0.6 is 23.4 Å². The maximum atomic E-state index is 5.88. The van der Waals surface area contributed by atoms with Crippen LogP contribution in [0.1, 0.15) is 0 Å². The van der Waals surface area contributed by atoms with Gasteiger partial charge in [-0.3, -0.25) is 0 Å². The third-order valence-corrected chi connectivity index (χ3v) is 3.74. The van der Waals surface area contributed by atoms with Crippen LogP contribution < -0.4 is 5.73 Å². The lowest BCUT2D eigenvalue weighted by molar-refractivity contribution is 1.13. The number of pyridine rings is 1. The molecule has 5 heteroatoms. The van der Waals surface area contributed by atoms with Gasteiger partial charge in [0, 0.05) is 17.1 Å². The first-order valence-electron chi connectivity index (χ1n) is 5.39. The maximum Gasteiger partial charge on any atom is 0.125 e. The monoisotopic (exact) mass is 275 g/mol. The Labute approximate surface area is 113 Å². The minimum atomic E-state index is 0.550. The summed E-state index contributed by atoms with van der Waals surface area (Å²) in [6, 6.07) is 11.9. The van der Waals surface area contributed by atoms with Crippen molar-refractivity contribution in [2.75, 3.05) is 5.73 Å². The van der Waals surface area contributed by atoms with Gasteiger partial charge in [0.2, 0.25) is 0 Å². The molecular weight excluding hydrogens is 266 g/mol. The quantitative estimate of drug-likeness (QED) is 0.744. The van der Waals surface area contributed by atoms with Crippen LogP contribution in [0.4, 0.5) is 5.69 Å². The van der Waals surface area contributed by atoms with E-state index in [1.54, 1.807) is 12.3 Å². The molecule has 0 fully saturated rings. The number of nitrogens with zero attached hydrogens (tertiary/aromatic N) is 1. The maximum absolute atomic E-state index is 5.88. The number of H-pyrrole nitrogens is 1. The second kappa shape index (κ2) is 4.55. The molecule has 2 aromatic heterocycles. The molecule has 0 aliphatic carbocycles. The number of benzene rings is 1. The summed E-state index contributed by atoms with van der Waals surface area (Å²) < 4.78 is 0. The minimum Gasteiger partial charge on any atom is -0.396 e. The zero-order chi connectivity index (χ0) is 12.5. The van der Waals surface area contributed by atoms with Crippen molar-refractivity contribution in [3.05, 3.63) is 47.6 Å². The van der Waals surface area contributed by atoms with E-state index in [9.17, 15) is 0 Å². The van der Waals surface area contributed by atoms with E-state index in [0.717, 1.165) is 15.6 Å². The number of nitrogen functional groups attached to an aromatic ring is 1. The highest BCUT2D eigenvalue weighted by atomic mass is 35.5. The number of anilines is 1. The summed E-state index contributed by atoms with van der Waals surface area (Å²) in [6.45, 7) is 0. The zero-order valence-corrected chi connectivity index (χ0v) is 10.9. The van der Waals surface area contributed by atoms with Gasteiger partial charge in [0.05, 0.1) is 15.7 Å². The summed E-state index contributed by atoms with van der Waals surface area (Å²) in [4.78, 5) is 7.55. The normalized spacial score (nSPS) is 10.9. The number of fused-ring (bicyclic) bond motifs is 1. The molecule has 0 unspecified atom stereocenters. The molecule has 0 atom stereocenters. The van der Waals surface area contributed by atoms with Gasteiger partial charge >= 0.3 is 0 Å². The molecule has 0 bridgehead atoms. The fourth-order valence-corrected chi connectivity index (χ4v) is 2.74. The second-order valence-electron chi connectivity index (χ2n) is 3.87. The van der Waals surface area contributed by atoms with Gasteiger partial charge < -0.3 is 10.7 Å². The fourth-order valence-electron chi connectivity index (χ4n) is 1.73. The second-order valence-corrected chi connectivity index (χ2v) is 5.34. The Hall–Kier alpha value is -1.65. The van der Waals surface area contributed by atoms with Crippen molar-refractivity contribution >= 4 is 40.0 Å². The molecule has 18 heavy (non-hydrogen) atoms. The van der Waals surface area contributed by atoms with Crippen LogP contribution in [-0.4, -0.2) is 9.97 Å². The molecule has 0 radical (unpaired) electrons. The summed E-state index contributed by atoms with van der Waals surface area (Å²) in [5, 5.41) is 3.49. The number of aromatic nitrogens is 2. The lowest BCUT2D eigenvalue weighted by Gasteiger charge is -2.02. The van der Waals surface area contributed by atoms with Crippen molar-refractivity contribution < 1.29 is 0 Å². The first-order valence-corrected chi connectivity index (χ1v) is 6.58. The van der Waals surface area contributed by atoms with E-state index in [1.165, 1.54) is 17.1 Å². The molecule has 3 nitrogen and oxygen atoms in total. The van der Waals surface area contributed by atoms with E-state index in [2.05, 4.69) is 22.1 Å². The lowest BCUT2D eigenvalue weighted by atomic mass is 10.3. The summed E-state index contributed by atoms with van der Waals surface area (Å²) in [7, 11) is 0. The fraction of sp³-hybridized carbons (Fsp3) is 0. The smallest absolute Gasteiger partial charge is 0.125 e. The molecule has 0 amide bonds. The van der Waals surface area contributed by atoms with E-state index in [0.29, 0.717) is 10.7 Å².